The topological polar surface area (TPSA) is 75.7 Å². The molecule has 1 aromatic carbocycles. The van der Waals surface area contributed by atoms with Gasteiger partial charge in [0, 0.05) is 17.0 Å². The molecule has 116 valence electrons. The van der Waals surface area contributed by atoms with Gasteiger partial charge in [-0.2, -0.15) is 0 Å². The molecule has 3 rings (SSSR count). The van der Waals surface area contributed by atoms with Crippen molar-refractivity contribution in [1.29, 1.82) is 0 Å². The second-order valence-corrected chi connectivity index (χ2v) is 6.12. The largest absolute Gasteiger partial charge is 0.461 e. The van der Waals surface area contributed by atoms with Gasteiger partial charge in [-0.25, -0.2) is 14.5 Å². The Morgan fingerprint density at radius 1 is 1.32 bits per heavy atom. The van der Waals surface area contributed by atoms with E-state index in [1.54, 1.807) is 38.1 Å². The number of amides is 3. The molecule has 1 N–H and O–H groups in total. The summed E-state index contributed by atoms with van der Waals surface area (Å²) in [7, 11) is 0. The van der Waals surface area contributed by atoms with E-state index in [2.05, 4.69) is 5.32 Å². The molecule has 0 bridgehead atoms. The maximum absolute atomic E-state index is 12.8. The van der Waals surface area contributed by atoms with Gasteiger partial charge in [0.2, 0.25) is 0 Å². The Balaban J connectivity index is 1.98. The number of esters is 1. The Labute approximate surface area is 132 Å². The average Bonchev–Trinajstić information content (AvgIpc) is 2.88. The minimum atomic E-state index is -1.29. The highest BCUT2D eigenvalue weighted by atomic mass is 35.5. The summed E-state index contributed by atoms with van der Waals surface area (Å²) < 4.78 is 5.04. The number of hydrogen-bond donors (Lipinski definition) is 1. The number of benzene rings is 1. The van der Waals surface area contributed by atoms with Gasteiger partial charge in [-0.1, -0.05) is 29.8 Å². The van der Waals surface area contributed by atoms with E-state index in [4.69, 9.17) is 16.3 Å². The van der Waals surface area contributed by atoms with E-state index in [0.29, 0.717) is 17.0 Å². The number of ether oxygens (including phenoxy) is 1. The minimum absolute atomic E-state index is 0.302. The molecule has 1 aromatic rings. The molecule has 0 spiro atoms. The second-order valence-electron chi connectivity index (χ2n) is 5.71. The van der Waals surface area contributed by atoms with Crippen LogP contribution in [-0.2, 0) is 19.9 Å². The molecule has 0 aliphatic carbocycles. The number of cyclic esters (lactones) is 1. The van der Waals surface area contributed by atoms with E-state index in [-0.39, 0.29) is 6.10 Å². The van der Waals surface area contributed by atoms with E-state index in [0.717, 1.165) is 4.90 Å². The molecule has 6 nitrogen and oxygen atoms in total. The zero-order chi connectivity index (χ0) is 16.1. The first-order chi connectivity index (χ1) is 10.3. The average molecular weight is 323 g/mol. The number of urea groups is 1. The lowest BCUT2D eigenvalue weighted by molar-refractivity contribution is -0.147. The van der Waals surface area contributed by atoms with Crippen LogP contribution in [0.2, 0.25) is 5.02 Å². The number of carbonyl (C=O) groups is 3. The normalized spacial score (nSPS) is 31.4. The van der Waals surface area contributed by atoms with Crippen LogP contribution in [0.5, 0.6) is 0 Å². The second kappa shape index (κ2) is 4.98. The number of nitrogens with one attached hydrogen (secondary N) is 1. The van der Waals surface area contributed by atoms with Gasteiger partial charge in [0.05, 0.1) is 0 Å². The van der Waals surface area contributed by atoms with Gasteiger partial charge in [0.15, 0.2) is 0 Å². The van der Waals surface area contributed by atoms with Crippen molar-refractivity contribution in [3.05, 3.63) is 34.9 Å². The van der Waals surface area contributed by atoms with Crippen LogP contribution in [0.4, 0.5) is 4.79 Å². The molecule has 2 aliphatic heterocycles. The molecule has 0 aromatic heterocycles. The first kappa shape index (κ1) is 14.8. The predicted molar refractivity (Wildman–Crippen MR) is 78.1 cm³/mol. The molecule has 3 unspecified atom stereocenters. The Morgan fingerprint density at radius 2 is 2.00 bits per heavy atom. The number of carbonyl (C=O) groups excluding carboxylic acids is 3. The molecule has 2 heterocycles. The van der Waals surface area contributed by atoms with Gasteiger partial charge < -0.3 is 10.1 Å². The first-order valence-electron chi connectivity index (χ1n) is 6.96. The summed E-state index contributed by atoms with van der Waals surface area (Å²) in [4.78, 5) is 37.9. The van der Waals surface area contributed by atoms with Crippen molar-refractivity contribution in [3.63, 3.8) is 0 Å². The van der Waals surface area contributed by atoms with Crippen molar-refractivity contribution < 1.29 is 19.1 Å². The summed E-state index contributed by atoms with van der Waals surface area (Å²) in [5.41, 5.74) is -0.793. The maximum atomic E-state index is 12.8. The van der Waals surface area contributed by atoms with Crippen molar-refractivity contribution >= 4 is 29.5 Å². The molecular weight excluding hydrogens is 308 g/mol. The van der Waals surface area contributed by atoms with Gasteiger partial charge in [0.1, 0.15) is 17.7 Å². The summed E-state index contributed by atoms with van der Waals surface area (Å²) in [6, 6.07) is 5.32. The Kier molecular flexibility index (Phi) is 3.36. The molecule has 3 amide bonds. The Hall–Kier alpha value is -2.08. The highest BCUT2D eigenvalue weighted by Crippen LogP contribution is 2.35. The number of hydrogen-bond acceptors (Lipinski definition) is 4. The molecule has 0 saturated carbocycles. The molecule has 2 saturated heterocycles. The number of halogens is 1. The molecule has 2 fully saturated rings. The lowest BCUT2D eigenvalue weighted by Crippen LogP contribution is -2.45. The van der Waals surface area contributed by atoms with Gasteiger partial charge in [-0.15, -0.1) is 0 Å². The van der Waals surface area contributed by atoms with Crippen LogP contribution in [0.1, 0.15) is 25.8 Å². The summed E-state index contributed by atoms with van der Waals surface area (Å²) in [5, 5.41) is 3.02. The van der Waals surface area contributed by atoms with Gasteiger partial charge in [0.25, 0.3) is 5.91 Å². The highest BCUT2D eigenvalue weighted by molar-refractivity contribution is 6.32. The minimum Gasteiger partial charge on any atom is -0.461 e. The van der Waals surface area contributed by atoms with Gasteiger partial charge in [-0.05, 0) is 19.9 Å². The van der Waals surface area contributed by atoms with Crippen LogP contribution >= 0.6 is 11.6 Å². The van der Waals surface area contributed by atoms with Crippen molar-refractivity contribution in [2.45, 2.75) is 38.0 Å². The third-order valence-electron chi connectivity index (χ3n) is 4.09. The lowest BCUT2D eigenvalue weighted by atomic mass is 9.91. The standard InChI is InChI=1S/C15H15ClN2O4/c1-8-7-11(12(19)22-8)18-13(20)15(2,17-14(18)21)9-5-3-4-6-10(9)16/h3-6,8,11H,7H2,1-2H3,(H,17,21). The molecule has 3 atom stereocenters. The monoisotopic (exact) mass is 322 g/mol. The lowest BCUT2D eigenvalue weighted by Gasteiger charge is -2.24. The van der Waals surface area contributed by atoms with Crippen molar-refractivity contribution in [2.24, 2.45) is 0 Å². The predicted octanol–water partition coefficient (Wildman–Crippen LogP) is 1.81. The first-order valence-corrected chi connectivity index (χ1v) is 7.33. The fourth-order valence-electron chi connectivity index (χ4n) is 2.94. The van der Waals surface area contributed by atoms with Crippen molar-refractivity contribution in [1.82, 2.24) is 10.2 Å². The molecule has 22 heavy (non-hydrogen) atoms. The van der Waals surface area contributed by atoms with E-state index in [9.17, 15) is 14.4 Å². The third kappa shape index (κ3) is 2.06. The van der Waals surface area contributed by atoms with Crippen LogP contribution in [-0.4, -0.2) is 35.0 Å². The van der Waals surface area contributed by atoms with Crippen LogP contribution in [0.25, 0.3) is 0 Å². The SMILES string of the molecule is CC1CC(N2C(=O)NC(C)(c3ccccc3Cl)C2=O)C(=O)O1. The fourth-order valence-corrected chi connectivity index (χ4v) is 3.26. The zero-order valence-electron chi connectivity index (χ0n) is 12.1. The smallest absolute Gasteiger partial charge is 0.329 e. The highest BCUT2D eigenvalue weighted by Gasteiger charge is 2.55. The maximum Gasteiger partial charge on any atom is 0.329 e. The Bertz CT molecular complexity index is 677. The Morgan fingerprint density at radius 3 is 2.59 bits per heavy atom. The van der Waals surface area contributed by atoms with Gasteiger partial charge >= 0.3 is 12.0 Å². The zero-order valence-corrected chi connectivity index (χ0v) is 12.9. The summed E-state index contributed by atoms with van der Waals surface area (Å²) >= 11 is 6.15. The summed E-state index contributed by atoms with van der Waals surface area (Å²) in [6.07, 6.45) is -0.0124. The van der Waals surface area contributed by atoms with Crippen LogP contribution in [0, 0.1) is 0 Å². The van der Waals surface area contributed by atoms with E-state index in [1.807, 2.05) is 0 Å². The summed E-state index contributed by atoms with van der Waals surface area (Å²) in [5.74, 6) is -1.05. The molecule has 7 heteroatoms. The molecular formula is C15H15ClN2O4. The molecule has 2 aliphatic rings. The quantitative estimate of drug-likeness (QED) is 0.665. The third-order valence-corrected chi connectivity index (χ3v) is 4.42. The van der Waals surface area contributed by atoms with E-state index >= 15 is 0 Å². The fraction of sp³-hybridized carbons (Fsp3) is 0.400. The van der Waals surface area contributed by atoms with E-state index in [1.165, 1.54) is 0 Å². The van der Waals surface area contributed by atoms with E-state index < -0.39 is 29.5 Å². The van der Waals surface area contributed by atoms with Crippen LogP contribution in [0.15, 0.2) is 24.3 Å². The van der Waals surface area contributed by atoms with Gasteiger partial charge in [-0.3, -0.25) is 4.79 Å². The molecule has 0 radical (unpaired) electrons. The van der Waals surface area contributed by atoms with Crippen LogP contribution < -0.4 is 5.32 Å². The number of imide groups is 1. The number of rotatable bonds is 2. The van der Waals surface area contributed by atoms with Crippen LogP contribution in [0.3, 0.4) is 0 Å². The van der Waals surface area contributed by atoms with Crippen molar-refractivity contribution in [2.75, 3.05) is 0 Å². The number of nitrogens with zero attached hydrogens (tertiary/aromatic N) is 1. The summed E-state index contributed by atoms with van der Waals surface area (Å²) in [6.45, 7) is 3.31. The van der Waals surface area contributed by atoms with Crippen molar-refractivity contribution in [3.8, 4) is 0 Å².